The molecular formula is C25H25N3O2S. The van der Waals surface area contributed by atoms with E-state index in [0.29, 0.717) is 5.71 Å². The van der Waals surface area contributed by atoms with Crippen molar-refractivity contribution in [1.29, 1.82) is 0 Å². The minimum Gasteiger partial charge on any atom is -0.353 e. The third-order valence-corrected chi connectivity index (χ3v) is 6.56. The lowest BCUT2D eigenvalue weighted by atomic mass is 9.98. The molecule has 1 aromatic heterocycles. The van der Waals surface area contributed by atoms with E-state index in [-0.39, 0.29) is 4.90 Å². The summed E-state index contributed by atoms with van der Waals surface area (Å²) >= 11 is 0. The Morgan fingerprint density at radius 1 is 0.903 bits per heavy atom. The fourth-order valence-electron chi connectivity index (χ4n) is 3.78. The molecule has 3 aromatic carbocycles. The minimum atomic E-state index is -3.75. The Morgan fingerprint density at radius 2 is 1.58 bits per heavy atom. The predicted molar refractivity (Wildman–Crippen MR) is 127 cm³/mol. The molecular weight excluding hydrogens is 406 g/mol. The van der Waals surface area contributed by atoms with Gasteiger partial charge in [-0.25, -0.2) is 0 Å². The van der Waals surface area contributed by atoms with Crippen LogP contribution in [0.1, 0.15) is 29.3 Å². The molecule has 0 aliphatic heterocycles. The fraction of sp³-hybridized carbons (Fsp3) is 0.160. The number of nitrogens with zero attached hydrogens (tertiary/aromatic N) is 1. The Hall–Kier alpha value is -3.38. The molecule has 0 spiro atoms. The molecule has 4 aromatic rings. The smallest absolute Gasteiger partial charge is 0.276 e. The molecule has 0 amide bonds. The average Bonchev–Trinajstić information content (AvgIpc) is 3.13. The number of fused-ring (bicyclic) bond motifs is 1. The van der Waals surface area contributed by atoms with Crippen LogP contribution in [0.25, 0.3) is 22.0 Å². The van der Waals surface area contributed by atoms with Gasteiger partial charge in [-0.15, -0.1) is 0 Å². The second kappa shape index (κ2) is 8.04. The number of H-pyrrole nitrogens is 1. The Morgan fingerprint density at radius 3 is 2.26 bits per heavy atom. The largest absolute Gasteiger partial charge is 0.353 e. The molecule has 31 heavy (non-hydrogen) atoms. The van der Waals surface area contributed by atoms with Gasteiger partial charge in [-0.3, -0.25) is 0 Å². The highest BCUT2D eigenvalue weighted by Crippen LogP contribution is 2.35. The Kier molecular flexibility index (Phi) is 5.41. The number of nitrogens with one attached hydrogen (secondary N) is 2. The predicted octanol–water partition coefficient (Wildman–Crippen LogP) is 5.46. The zero-order valence-electron chi connectivity index (χ0n) is 18.0. The molecule has 0 radical (unpaired) electrons. The maximum atomic E-state index is 12.7. The number of hydrogen-bond donors (Lipinski definition) is 2. The topological polar surface area (TPSA) is 74.3 Å². The minimum absolute atomic E-state index is 0.182. The van der Waals surface area contributed by atoms with E-state index >= 15 is 0 Å². The number of hydrazone groups is 1. The molecule has 158 valence electrons. The van der Waals surface area contributed by atoms with Crippen molar-refractivity contribution in [2.45, 2.75) is 32.6 Å². The summed E-state index contributed by atoms with van der Waals surface area (Å²) in [6.45, 7) is 7.86. The summed E-state index contributed by atoms with van der Waals surface area (Å²) in [6, 6.07) is 21.0. The summed E-state index contributed by atoms with van der Waals surface area (Å²) in [4.78, 5) is 6.04. The average molecular weight is 432 g/mol. The summed E-state index contributed by atoms with van der Waals surface area (Å²) in [5.41, 5.74) is 7.73. The van der Waals surface area contributed by atoms with Crippen molar-refractivity contribution < 1.29 is 8.42 Å². The van der Waals surface area contributed by atoms with Gasteiger partial charge in [0.2, 0.25) is 0 Å². The van der Waals surface area contributed by atoms with Crippen LogP contribution in [0.2, 0.25) is 0 Å². The maximum Gasteiger partial charge on any atom is 0.276 e. The van der Waals surface area contributed by atoms with E-state index in [1.807, 2.05) is 37.3 Å². The molecule has 2 N–H and O–H groups in total. The molecule has 1 heterocycles. The summed E-state index contributed by atoms with van der Waals surface area (Å²) in [5, 5.41) is 5.34. The van der Waals surface area contributed by atoms with Crippen LogP contribution in [0.3, 0.4) is 0 Å². The second-order valence-corrected chi connectivity index (χ2v) is 9.51. The number of sulfonamides is 1. The zero-order valence-corrected chi connectivity index (χ0v) is 18.8. The highest BCUT2D eigenvalue weighted by atomic mass is 32.2. The van der Waals surface area contributed by atoms with Crippen molar-refractivity contribution in [1.82, 2.24) is 9.82 Å². The molecule has 6 heteroatoms. The quantitative estimate of drug-likeness (QED) is 0.325. The second-order valence-electron chi connectivity index (χ2n) is 7.85. The Labute approximate surface area is 182 Å². The van der Waals surface area contributed by atoms with Crippen molar-refractivity contribution in [3.63, 3.8) is 0 Å². The normalized spacial score (nSPS) is 12.3. The van der Waals surface area contributed by atoms with Crippen LogP contribution in [-0.2, 0) is 10.0 Å². The van der Waals surface area contributed by atoms with Crippen LogP contribution in [0.4, 0.5) is 0 Å². The van der Waals surface area contributed by atoms with E-state index in [4.69, 9.17) is 0 Å². The van der Waals surface area contributed by atoms with Gasteiger partial charge in [0, 0.05) is 16.5 Å². The van der Waals surface area contributed by atoms with Crippen LogP contribution in [-0.4, -0.2) is 19.1 Å². The van der Waals surface area contributed by atoms with Gasteiger partial charge in [-0.05, 0) is 57.0 Å². The van der Waals surface area contributed by atoms with Crippen LogP contribution in [0.5, 0.6) is 0 Å². The summed E-state index contributed by atoms with van der Waals surface area (Å²) < 4.78 is 25.4. The lowest BCUT2D eigenvalue weighted by Crippen LogP contribution is -2.20. The highest BCUT2D eigenvalue weighted by molar-refractivity contribution is 7.89. The van der Waals surface area contributed by atoms with Crippen LogP contribution >= 0.6 is 0 Å². The van der Waals surface area contributed by atoms with Crippen molar-refractivity contribution in [2.75, 3.05) is 0 Å². The summed E-state index contributed by atoms with van der Waals surface area (Å²) in [7, 11) is -3.75. The summed E-state index contributed by atoms with van der Waals surface area (Å²) in [6.07, 6.45) is 0. The number of aryl methyl sites for hydroxylation is 3. The van der Waals surface area contributed by atoms with Gasteiger partial charge in [0.15, 0.2) is 0 Å². The molecule has 0 saturated heterocycles. The molecule has 0 aliphatic rings. The first-order valence-corrected chi connectivity index (χ1v) is 11.6. The number of hydrogen-bond acceptors (Lipinski definition) is 3. The van der Waals surface area contributed by atoms with E-state index in [2.05, 4.69) is 40.9 Å². The first-order valence-electron chi connectivity index (χ1n) is 10.1. The third-order valence-electron chi connectivity index (χ3n) is 5.34. The van der Waals surface area contributed by atoms with Crippen molar-refractivity contribution >= 4 is 26.6 Å². The molecule has 5 nitrogen and oxygen atoms in total. The number of benzene rings is 3. The van der Waals surface area contributed by atoms with E-state index in [0.717, 1.165) is 38.9 Å². The Bertz CT molecular complexity index is 1380. The molecule has 0 fully saturated rings. The molecule has 0 bridgehead atoms. The molecule has 0 unspecified atom stereocenters. The van der Waals surface area contributed by atoms with Gasteiger partial charge in [0.25, 0.3) is 10.0 Å². The van der Waals surface area contributed by atoms with Gasteiger partial charge in [-0.2, -0.15) is 18.4 Å². The van der Waals surface area contributed by atoms with Gasteiger partial charge in [0.1, 0.15) is 0 Å². The van der Waals surface area contributed by atoms with E-state index in [1.165, 1.54) is 5.56 Å². The Balaban J connectivity index is 1.81. The van der Waals surface area contributed by atoms with Gasteiger partial charge < -0.3 is 4.98 Å². The first-order chi connectivity index (χ1) is 14.8. The zero-order chi connectivity index (χ0) is 22.2. The van der Waals surface area contributed by atoms with E-state index < -0.39 is 10.0 Å². The van der Waals surface area contributed by atoms with E-state index in [9.17, 15) is 8.42 Å². The number of aromatic nitrogens is 1. The van der Waals surface area contributed by atoms with Crippen LogP contribution in [0.15, 0.2) is 76.7 Å². The van der Waals surface area contributed by atoms with Crippen molar-refractivity contribution in [3.05, 3.63) is 89.1 Å². The highest BCUT2D eigenvalue weighted by Gasteiger charge is 2.18. The van der Waals surface area contributed by atoms with Crippen molar-refractivity contribution in [3.8, 4) is 11.1 Å². The molecule has 0 aliphatic carbocycles. The lowest BCUT2D eigenvalue weighted by Gasteiger charge is -2.08. The van der Waals surface area contributed by atoms with Gasteiger partial charge in [0.05, 0.1) is 16.3 Å². The maximum absolute atomic E-state index is 12.7. The molecule has 4 rings (SSSR count). The van der Waals surface area contributed by atoms with Crippen molar-refractivity contribution in [2.24, 2.45) is 5.10 Å². The monoisotopic (exact) mass is 431 g/mol. The standard InChI is InChI=1S/C25H25N3O2S/c1-16-10-12-21(13-11-16)31(29,30)28-27-19(4)25-23(20-8-6-5-7-9-20)22-15-17(2)14-18(3)24(22)26-25/h5-15,26,28H,1-4H3/b27-19+. The van der Waals surface area contributed by atoms with Crippen LogP contribution in [0, 0.1) is 20.8 Å². The van der Waals surface area contributed by atoms with Gasteiger partial charge >= 0.3 is 0 Å². The number of aromatic amines is 1. The SMILES string of the molecule is C/C(=N\NS(=O)(=O)c1ccc(C)cc1)c1[nH]c2c(C)cc(C)cc2c1-c1ccccc1. The number of rotatable bonds is 5. The molecule has 0 saturated carbocycles. The first kappa shape index (κ1) is 20.9. The summed E-state index contributed by atoms with van der Waals surface area (Å²) in [5.74, 6) is 0. The van der Waals surface area contributed by atoms with E-state index in [1.54, 1.807) is 31.2 Å². The van der Waals surface area contributed by atoms with Gasteiger partial charge in [-0.1, -0.05) is 59.7 Å². The third kappa shape index (κ3) is 4.11. The van der Waals surface area contributed by atoms with Crippen LogP contribution < -0.4 is 4.83 Å². The lowest BCUT2D eigenvalue weighted by molar-refractivity contribution is 0.584. The fourth-order valence-corrected chi connectivity index (χ4v) is 4.64. The molecule has 0 atom stereocenters.